The Labute approximate surface area is 130 Å². The van der Waals surface area contributed by atoms with E-state index in [1.54, 1.807) is 0 Å². The summed E-state index contributed by atoms with van der Waals surface area (Å²) >= 11 is 0. The highest BCUT2D eigenvalue weighted by Gasteiger charge is 2.05. The standard InChI is InChI=1S/C17H19N3O2/c1-13-7-6-8-14(2)16(13)20-17(21)18-12-19-22-11-15-9-4-3-5-10-15/h3-10,12H,11H2,1-2H3,(H2,18,19,20,21). The minimum absolute atomic E-state index is 0.357. The Morgan fingerprint density at radius 3 is 2.45 bits per heavy atom. The van der Waals surface area contributed by atoms with E-state index in [0.717, 1.165) is 22.4 Å². The second-order valence-corrected chi connectivity index (χ2v) is 4.86. The SMILES string of the molecule is Cc1cccc(C)c1NC(=O)N/C=N/OCc1ccccc1. The van der Waals surface area contributed by atoms with Crippen LogP contribution in [-0.4, -0.2) is 12.4 Å². The lowest BCUT2D eigenvalue weighted by molar-refractivity contribution is 0.131. The predicted octanol–water partition coefficient (Wildman–Crippen LogP) is 3.59. The van der Waals surface area contributed by atoms with Crippen LogP contribution in [0.3, 0.4) is 0 Å². The van der Waals surface area contributed by atoms with Crippen molar-refractivity contribution in [2.75, 3.05) is 5.32 Å². The molecule has 2 rings (SSSR count). The monoisotopic (exact) mass is 297 g/mol. The molecule has 0 saturated heterocycles. The summed E-state index contributed by atoms with van der Waals surface area (Å²) in [7, 11) is 0. The van der Waals surface area contributed by atoms with Crippen LogP contribution in [0.4, 0.5) is 10.5 Å². The van der Waals surface area contributed by atoms with Crippen molar-refractivity contribution in [3.8, 4) is 0 Å². The molecule has 0 unspecified atom stereocenters. The number of rotatable bonds is 5. The van der Waals surface area contributed by atoms with Gasteiger partial charge in [0.2, 0.25) is 0 Å². The van der Waals surface area contributed by atoms with Crippen molar-refractivity contribution in [1.29, 1.82) is 0 Å². The molecular weight excluding hydrogens is 278 g/mol. The van der Waals surface area contributed by atoms with E-state index in [2.05, 4.69) is 15.8 Å². The van der Waals surface area contributed by atoms with Crippen LogP contribution < -0.4 is 10.6 Å². The van der Waals surface area contributed by atoms with E-state index in [1.807, 2.05) is 62.4 Å². The number of amides is 2. The lowest BCUT2D eigenvalue weighted by Gasteiger charge is -2.10. The van der Waals surface area contributed by atoms with E-state index in [0.29, 0.717) is 6.61 Å². The minimum atomic E-state index is -0.357. The number of anilines is 1. The van der Waals surface area contributed by atoms with Gasteiger partial charge in [0, 0.05) is 5.69 Å². The van der Waals surface area contributed by atoms with Crippen LogP contribution >= 0.6 is 0 Å². The van der Waals surface area contributed by atoms with Gasteiger partial charge in [0.1, 0.15) is 12.9 Å². The summed E-state index contributed by atoms with van der Waals surface area (Å²) in [6.07, 6.45) is 1.23. The molecule has 2 N–H and O–H groups in total. The molecule has 0 spiro atoms. The van der Waals surface area contributed by atoms with E-state index in [4.69, 9.17) is 4.84 Å². The Balaban J connectivity index is 1.77. The number of benzene rings is 2. The predicted molar refractivity (Wildman–Crippen MR) is 87.8 cm³/mol. The smallest absolute Gasteiger partial charge is 0.324 e. The summed E-state index contributed by atoms with van der Waals surface area (Å²) < 4.78 is 0. The average Bonchev–Trinajstić information content (AvgIpc) is 2.52. The molecule has 2 aromatic rings. The lowest BCUT2D eigenvalue weighted by atomic mass is 10.1. The highest BCUT2D eigenvalue weighted by Crippen LogP contribution is 2.18. The van der Waals surface area contributed by atoms with Gasteiger partial charge < -0.3 is 10.2 Å². The van der Waals surface area contributed by atoms with Crippen molar-refractivity contribution in [3.63, 3.8) is 0 Å². The lowest BCUT2D eigenvalue weighted by Crippen LogP contribution is -2.28. The Bertz CT molecular complexity index is 634. The van der Waals surface area contributed by atoms with E-state index >= 15 is 0 Å². The Morgan fingerprint density at radius 1 is 1.09 bits per heavy atom. The largest absolute Gasteiger partial charge is 0.390 e. The van der Waals surface area contributed by atoms with Crippen molar-refractivity contribution >= 4 is 18.1 Å². The van der Waals surface area contributed by atoms with E-state index in [9.17, 15) is 4.79 Å². The normalized spacial score (nSPS) is 10.5. The molecule has 0 aliphatic rings. The third-order valence-corrected chi connectivity index (χ3v) is 3.12. The number of aryl methyl sites for hydroxylation is 2. The molecule has 5 heteroatoms. The summed E-state index contributed by atoms with van der Waals surface area (Å²) in [5.41, 5.74) is 3.83. The van der Waals surface area contributed by atoms with Gasteiger partial charge in [-0.15, -0.1) is 0 Å². The van der Waals surface area contributed by atoms with E-state index < -0.39 is 0 Å². The zero-order chi connectivity index (χ0) is 15.8. The number of carbonyl (C=O) groups is 1. The van der Waals surface area contributed by atoms with E-state index in [1.165, 1.54) is 6.34 Å². The molecule has 0 aliphatic heterocycles. The zero-order valence-corrected chi connectivity index (χ0v) is 12.7. The molecule has 22 heavy (non-hydrogen) atoms. The molecule has 0 saturated carbocycles. The fourth-order valence-electron chi connectivity index (χ4n) is 1.97. The molecule has 5 nitrogen and oxygen atoms in total. The van der Waals surface area contributed by atoms with Gasteiger partial charge in [-0.2, -0.15) is 0 Å². The summed E-state index contributed by atoms with van der Waals surface area (Å²) in [6.45, 7) is 4.25. The van der Waals surface area contributed by atoms with E-state index in [-0.39, 0.29) is 6.03 Å². The molecule has 0 aromatic heterocycles. The van der Waals surface area contributed by atoms with Crippen molar-refractivity contribution in [2.24, 2.45) is 5.16 Å². The maximum absolute atomic E-state index is 11.8. The second-order valence-electron chi connectivity index (χ2n) is 4.86. The van der Waals surface area contributed by atoms with Crippen molar-refractivity contribution in [2.45, 2.75) is 20.5 Å². The number of nitrogens with zero attached hydrogens (tertiary/aromatic N) is 1. The Morgan fingerprint density at radius 2 is 1.77 bits per heavy atom. The van der Waals surface area contributed by atoms with Gasteiger partial charge in [-0.05, 0) is 30.5 Å². The Hall–Kier alpha value is -2.82. The molecule has 0 bridgehead atoms. The summed E-state index contributed by atoms with van der Waals surface area (Å²) in [5, 5.41) is 8.99. The van der Waals surface area contributed by atoms with Gasteiger partial charge in [-0.1, -0.05) is 53.7 Å². The first-order valence-corrected chi connectivity index (χ1v) is 6.98. The van der Waals surface area contributed by atoms with Gasteiger partial charge in [0.25, 0.3) is 0 Å². The first-order valence-electron chi connectivity index (χ1n) is 6.98. The van der Waals surface area contributed by atoms with Crippen LogP contribution in [0.15, 0.2) is 53.7 Å². The first kappa shape index (κ1) is 15.6. The highest BCUT2D eigenvalue weighted by molar-refractivity contribution is 5.97. The number of oxime groups is 1. The summed E-state index contributed by atoms with van der Waals surface area (Å²) in [5.74, 6) is 0. The summed E-state index contributed by atoms with van der Waals surface area (Å²) in [4.78, 5) is 16.9. The number of para-hydroxylation sites is 1. The van der Waals surface area contributed by atoms with Crippen LogP contribution in [-0.2, 0) is 11.4 Å². The minimum Gasteiger partial charge on any atom is -0.390 e. The molecule has 0 aliphatic carbocycles. The number of nitrogens with one attached hydrogen (secondary N) is 2. The van der Waals surface area contributed by atoms with Gasteiger partial charge in [0.05, 0.1) is 0 Å². The molecule has 0 fully saturated rings. The fourth-order valence-corrected chi connectivity index (χ4v) is 1.97. The zero-order valence-electron chi connectivity index (χ0n) is 12.7. The van der Waals surface area contributed by atoms with Gasteiger partial charge in [0.15, 0.2) is 0 Å². The number of carbonyl (C=O) groups excluding carboxylic acids is 1. The van der Waals surface area contributed by atoms with Gasteiger partial charge in [-0.3, -0.25) is 5.32 Å². The van der Waals surface area contributed by atoms with Crippen LogP contribution in [0.2, 0.25) is 0 Å². The first-order chi connectivity index (χ1) is 10.7. The highest BCUT2D eigenvalue weighted by atomic mass is 16.6. The molecule has 2 amide bonds. The van der Waals surface area contributed by atoms with Crippen molar-refractivity contribution in [1.82, 2.24) is 5.32 Å². The van der Waals surface area contributed by atoms with Crippen LogP contribution in [0.25, 0.3) is 0 Å². The topological polar surface area (TPSA) is 62.7 Å². The molecule has 114 valence electrons. The molecule has 0 atom stereocenters. The number of urea groups is 1. The van der Waals surface area contributed by atoms with Crippen LogP contribution in [0, 0.1) is 13.8 Å². The maximum atomic E-state index is 11.8. The molecular formula is C17H19N3O2. The summed E-state index contributed by atoms with van der Waals surface area (Å²) in [6, 6.07) is 15.2. The van der Waals surface area contributed by atoms with Crippen LogP contribution in [0.1, 0.15) is 16.7 Å². The molecule has 0 heterocycles. The van der Waals surface area contributed by atoms with Crippen molar-refractivity contribution < 1.29 is 9.63 Å². The average molecular weight is 297 g/mol. The second kappa shape index (κ2) is 7.83. The Kier molecular flexibility index (Phi) is 5.54. The van der Waals surface area contributed by atoms with Crippen molar-refractivity contribution in [3.05, 3.63) is 65.2 Å². The van der Waals surface area contributed by atoms with Gasteiger partial charge >= 0.3 is 6.03 Å². The maximum Gasteiger partial charge on any atom is 0.324 e. The van der Waals surface area contributed by atoms with Gasteiger partial charge in [-0.25, -0.2) is 4.79 Å². The number of hydrogen-bond donors (Lipinski definition) is 2. The molecule has 2 aromatic carbocycles. The molecule has 0 radical (unpaired) electrons. The quantitative estimate of drug-likeness (QED) is 0.503. The number of hydrogen-bond acceptors (Lipinski definition) is 3. The fraction of sp³-hybridized carbons (Fsp3) is 0.176. The van der Waals surface area contributed by atoms with Crippen LogP contribution in [0.5, 0.6) is 0 Å². The third-order valence-electron chi connectivity index (χ3n) is 3.12. The third kappa shape index (κ3) is 4.63.